The molecule has 2 atom stereocenters. The largest absolute Gasteiger partial charge is 0.326 e. The molecular weight excluding hydrogens is 536 g/mol. The molecule has 2 unspecified atom stereocenters. The van der Waals surface area contributed by atoms with E-state index in [-0.39, 0.29) is 12.1 Å². The molecule has 0 N–H and O–H groups in total. The first kappa shape index (κ1) is 22.8. The Morgan fingerprint density at radius 3 is 1.23 bits per heavy atom. The van der Waals surface area contributed by atoms with E-state index < -0.39 is 0 Å². The number of para-hydroxylation sites is 4. The fourth-order valence-electron chi connectivity index (χ4n) is 8.46. The highest BCUT2D eigenvalue weighted by Crippen LogP contribution is 2.60. The summed E-state index contributed by atoms with van der Waals surface area (Å²) in [5.41, 5.74) is 17.9. The van der Waals surface area contributed by atoms with Crippen molar-refractivity contribution in [3.63, 3.8) is 0 Å². The van der Waals surface area contributed by atoms with Crippen LogP contribution in [0.15, 0.2) is 146 Å². The molecule has 4 aliphatic rings. The molecule has 7 aromatic rings. The van der Waals surface area contributed by atoms with E-state index in [4.69, 9.17) is 0 Å². The second-order valence-electron chi connectivity index (χ2n) is 12.2. The van der Waals surface area contributed by atoms with Crippen molar-refractivity contribution in [3.05, 3.63) is 168 Å². The Hall–Kier alpha value is -5.74. The predicted octanol–water partition coefficient (Wildman–Crippen LogP) is 9.71. The maximum Gasteiger partial charge on any atom is 0.101 e. The quantitative estimate of drug-likeness (QED) is 0.183. The Bertz CT molecular complexity index is 2170. The van der Waals surface area contributed by atoms with E-state index in [1.54, 1.807) is 0 Å². The fourth-order valence-corrected chi connectivity index (χ4v) is 8.46. The van der Waals surface area contributed by atoms with Crippen molar-refractivity contribution >= 4 is 22.7 Å². The molecule has 4 aliphatic heterocycles. The number of aromatic nitrogens is 2. The first-order valence-corrected chi connectivity index (χ1v) is 15.4. The molecule has 0 bridgehead atoms. The van der Waals surface area contributed by atoms with Gasteiger partial charge in [0.05, 0.1) is 45.5 Å². The van der Waals surface area contributed by atoms with Gasteiger partial charge in [-0.1, -0.05) is 72.8 Å². The van der Waals surface area contributed by atoms with Gasteiger partial charge in [0.25, 0.3) is 0 Å². The first-order valence-electron chi connectivity index (χ1n) is 15.4. The van der Waals surface area contributed by atoms with Crippen molar-refractivity contribution in [2.45, 2.75) is 12.1 Å². The summed E-state index contributed by atoms with van der Waals surface area (Å²) in [6.45, 7) is 0. The average molecular weight is 563 g/mol. The lowest BCUT2D eigenvalue weighted by Crippen LogP contribution is -2.36. The minimum atomic E-state index is 0.0900. The molecule has 0 spiro atoms. The van der Waals surface area contributed by atoms with E-state index in [0.29, 0.717) is 0 Å². The first-order chi connectivity index (χ1) is 21.9. The SMILES string of the molecule is c1ccc2c(c1)-c1cc3c(cc1N1c4ccccc4-n4cccc4C21)-c1ccccc1C1c2cccn2-c2ccccc2N31. The van der Waals surface area contributed by atoms with Crippen molar-refractivity contribution in [2.75, 3.05) is 9.80 Å². The Balaban J connectivity index is 1.25. The highest BCUT2D eigenvalue weighted by molar-refractivity contribution is 6.01. The summed E-state index contributed by atoms with van der Waals surface area (Å²) in [5, 5.41) is 0. The zero-order valence-electron chi connectivity index (χ0n) is 23.8. The summed E-state index contributed by atoms with van der Waals surface area (Å²) >= 11 is 0. The molecule has 44 heavy (non-hydrogen) atoms. The zero-order valence-corrected chi connectivity index (χ0v) is 23.8. The van der Waals surface area contributed by atoms with Gasteiger partial charge in [0, 0.05) is 23.5 Å². The van der Waals surface area contributed by atoms with Crippen LogP contribution in [0.25, 0.3) is 33.6 Å². The van der Waals surface area contributed by atoms with Crippen LogP contribution in [0.4, 0.5) is 22.7 Å². The minimum absolute atomic E-state index is 0.0900. The lowest BCUT2D eigenvalue weighted by molar-refractivity contribution is 0.718. The fraction of sp³-hybridized carbons (Fsp3) is 0.0500. The van der Waals surface area contributed by atoms with Gasteiger partial charge in [0.15, 0.2) is 0 Å². The third kappa shape index (κ3) is 2.66. The average Bonchev–Trinajstić information content (AvgIpc) is 3.78. The van der Waals surface area contributed by atoms with Crippen LogP contribution in [0, 0.1) is 0 Å². The van der Waals surface area contributed by atoms with Crippen molar-refractivity contribution in [3.8, 4) is 33.6 Å². The number of nitrogens with zero attached hydrogens (tertiary/aromatic N) is 4. The van der Waals surface area contributed by atoms with Gasteiger partial charge in [0.1, 0.15) is 12.1 Å². The molecule has 0 aliphatic carbocycles. The van der Waals surface area contributed by atoms with Gasteiger partial charge in [-0.2, -0.15) is 0 Å². The van der Waals surface area contributed by atoms with Crippen LogP contribution in [0.2, 0.25) is 0 Å². The highest BCUT2D eigenvalue weighted by Gasteiger charge is 2.43. The van der Waals surface area contributed by atoms with Gasteiger partial charge in [-0.25, -0.2) is 0 Å². The van der Waals surface area contributed by atoms with Gasteiger partial charge in [0.2, 0.25) is 0 Å². The van der Waals surface area contributed by atoms with Crippen LogP contribution in [0.5, 0.6) is 0 Å². The smallest absolute Gasteiger partial charge is 0.101 e. The van der Waals surface area contributed by atoms with Crippen molar-refractivity contribution in [1.82, 2.24) is 9.13 Å². The van der Waals surface area contributed by atoms with Gasteiger partial charge >= 0.3 is 0 Å². The summed E-state index contributed by atoms with van der Waals surface area (Å²) in [5.74, 6) is 0. The summed E-state index contributed by atoms with van der Waals surface area (Å²) in [6, 6.07) is 49.8. The molecule has 4 heteroatoms. The van der Waals surface area contributed by atoms with E-state index in [1.807, 2.05) is 0 Å². The third-order valence-corrected chi connectivity index (χ3v) is 10.2. The van der Waals surface area contributed by atoms with Gasteiger partial charge < -0.3 is 18.9 Å². The number of benzene rings is 5. The summed E-state index contributed by atoms with van der Waals surface area (Å²) < 4.78 is 4.74. The van der Waals surface area contributed by atoms with E-state index in [2.05, 4.69) is 165 Å². The molecule has 206 valence electrons. The molecule has 0 amide bonds. The summed E-state index contributed by atoms with van der Waals surface area (Å²) in [4.78, 5) is 5.18. The van der Waals surface area contributed by atoms with E-state index in [0.717, 1.165) is 0 Å². The van der Waals surface area contributed by atoms with Crippen LogP contribution in [0.3, 0.4) is 0 Å². The summed E-state index contributed by atoms with van der Waals surface area (Å²) in [6.07, 6.45) is 4.41. The molecule has 5 aromatic carbocycles. The Morgan fingerprint density at radius 1 is 0.341 bits per heavy atom. The van der Waals surface area contributed by atoms with Crippen molar-refractivity contribution < 1.29 is 0 Å². The van der Waals surface area contributed by atoms with Crippen LogP contribution >= 0.6 is 0 Å². The van der Waals surface area contributed by atoms with E-state index in [1.165, 1.54) is 78.9 Å². The predicted molar refractivity (Wildman–Crippen MR) is 177 cm³/mol. The number of hydrogen-bond acceptors (Lipinski definition) is 2. The normalized spacial score (nSPS) is 17.5. The molecular formula is C40H26N4. The van der Waals surface area contributed by atoms with Crippen LogP contribution < -0.4 is 9.80 Å². The van der Waals surface area contributed by atoms with Crippen molar-refractivity contribution in [1.29, 1.82) is 0 Å². The number of rotatable bonds is 0. The van der Waals surface area contributed by atoms with Crippen LogP contribution in [0.1, 0.15) is 34.6 Å². The van der Waals surface area contributed by atoms with E-state index >= 15 is 0 Å². The second-order valence-corrected chi connectivity index (χ2v) is 12.2. The molecule has 0 fully saturated rings. The zero-order chi connectivity index (χ0) is 28.5. The van der Waals surface area contributed by atoms with Gasteiger partial charge in [-0.05, 0) is 82.9 Å². The molecule has 0 saturated heterocycles. The topological polar surface area (TPSA) is 16.3 Å². The standard InChI is InChI=1S/C40H26N4/c1-3-13-27-25(11-1)29-23-38-30(24-37(29)43-33-17-7-5-15-31(33)41-21-9-19-35(41)39(27)43)26-12-2-4-14-28(26)40-36-20-10-22-42(36)32-16-6-8-18-34(32)44(38)40/h1-24,39-40H. The maximum absolute atomic E-state index is 2.59. The molecule has 0 radical (unpaired) electrons. The highest BCUT2D eigenvalue weighted by atomic mass is 15.3. The Morgan fingerprint density at radius 2 is 0.750 bits per heavy atom. The second kappa shape index (κ2) is 8.00. The molecule has 6 heterocycles. The Labute approximate surface area is 255 Å². The Kier molecular flexibility index (Phi) is 4.15. The minimum Gasteiger partial charge on any atom is -0.326 e. The van der Waals surface area contributed by atoms with Crippen LogP contribution in [-0.2, 0) is 0 Å². The molecule has 2 aromatic heterocycles. The summed E-state index contributed by atoms with van der Waals surface area (Å²) in [7, 11) is 0. The third-order valence-electron chi connectivity index (χ3n) is 10.2. The van der Waals surface area contributed by atoms with Gasteiger partial charge in [-0.3, -0.25) is 0 Å². The van der Waals surface area contributed by atoms with E-state index in [9.17, 15) is 0 Å². The lowest BCUT2D eigenvalue weighted by Gasteiger charge is -2.47. The van der Waals surface area contributed by atoms with Crippen LogP contribution in [-0.4, -0.2) is 9.13 Å². The van der Waals surface area contributed by atoms with Crippen molar-refractivity contribution in [2.24, 2.45) is 0 Å². The molecule has 11 rings (SSSR count). The molecule has 4 nitrogen and oxygen atoms in total. The number of hydrogen-bond donors (Lipinski definition) is 0. The van der Waals surface area contributed by atoms with Gasteiger partial charge in [-0.15, -0.1) is 0 Å². The lowest BCUT2D eigenvalue weighted by atomic mass is 9.80. The number of anilines is 4. The number of fused-ring (bicyclic) bond motifs is 22. The molecule has 0 saturated carbocycles. The monoisotopic (exact) mass is 562 g/mol. The maximum atomic E-state index is 2.59.